The average Bonchev–Trinajstić information content (AvgIpc) is 2.39. The fourth-order valence-corrected chi connectivity index (χ4v) is 3.05. The Balaban J connectivity index is 2.12. The Hall–Kier alpha value is -1.24. The molecule has 0 atom stereocenters. The summed E-state index contributed by atoms with van der Waals surface area (Å²) in [7, 11) is 0. The van der Waals surface area contributed by atoms with Crippen LogP contribution in [0.2, 0.25) is 0 Å². The summed E-state index contributed by atoms with van der Waals surface area (Å²) in [6.45, 7) is 0. The van der Waals surface area contributed by atoms with Crippen LogP contribution in [0.1, 0.15) is 11.1 Å². The van der Waals surface area contributed by atoms with Gasteiger partial charge < -0.3 is 0 Å². The molecule has 0 aromatic heterocycles. The van der Waals surface area contributed by atoms with Gasteiger partial charge in [-0.05, 0) is 29.3 Å². The topological polar surface area (TPSA) is 23.8 Å². The van der Waals surface area contributed by atoms with Crippen LogP contribution in [0.4, 0.5) is 0 Å². The molecule has 1 nitrogen and oxygen atoms in total. The van der Waals surface area contributed by atoms with Gasteiger partial charge in [-0.1, -0.05) is 46.3 Å². The van der Waals surface area contributed by atoms with Gasteiger partial charge in [0.2, 0.25) is 0 Å². The summed E-state index contributed by atoms with van der Waals surface area (Å²) < 4.78 is 1.02. The molecule has 0 bridgehead atoms. The van der Waals surface area contributed by atoms with Crippen molar-refractivity contribution in [2.75, 3.05) is 0 Å². The molecular weight excluding hydrogens is 306 g/mol. The highest BCUT2D eigenvalue weighted by atomic mass is 79.9. The van der Waals surface area contributed by atoms with E-state index in [1.165, 1.54) is 10.5 Å². The minimum Gasteiger partial charge on any atom is -0.198 e. The molecule has 0 saturated carbocycles. The lowest BCUT2D eigenvalue weighted by atomic mass is 10.2. The molecule has 0 radical (unpaired) electrons. The van der Waals surface area contributed by atoms with Gasteiger partial charge in [0.25, 0.3) is 0 Å². The van der Waals surface area contributed by atoms with E-state index in [-0.39, 0.29) is 0 Å². The molecule has 2 aromatic rings. The molecule has 0 amide bonds. The van der Waals surface area contributed by atoms with E-state index in [2.05, 4.69) is 40.2 Å². The molecule has 0 aliphatic carbocycles. The lowest BCUT2D eigenvalue weighted by molar-refractivity contribution is 1.17. The third-order valence-corrected chi connectivity index (χ3v) is 4.21. The zero-order chi connectivity index (χ0) is 12.8. The first-order valence-electron chi connectivity index (χ1n) is 5.61. The summed E-state index contributed by atoms with van der Waals surface area (Å²) in [4.78, 5) is 1.18. The van der Waals surface area contributed by atoms with Gasteiger partial charge in [0.1, 0.15) is 0 Å². The van der Waals surface area contributed by atoms with Gasteiger partial charge in [-0.15, -0.1) is 11.8 Å². The van der Waals surface area contributed by atoms with Gasteiger partial charge in [0, 0.05) is 15.1 Å². The van der Waals surface area contributed by atoms with Crippen LogP contribution in [0.25, 0.3) is 0 Å². The zero-order valence-corrected chi connectivity index (χ0v) is 12.2. The standard InChI is InChI=1S/C15H12BrNS/c16-14-6-7-15(13(10-14)8-9-17)18-11-12-4-2-1-3-5-12/h1-7,10H,8,11H2. The fraction of sp³-hybridized carbons (Fsp3) is 0.133. The van der Waals surface area contributed by atoms with Crippen molar-refractivity contribution in [3.05, 3.63) is 64.1 Å². The van der Waals surface area contributed by atoms with Crippen LogP contribution in [-0.4, -0.2) is 0 Å². The maximum Gasteiger partial charge on any atom is 0.0670 e. The van der Waals surface area contributed by atoms with E-state index in [0.29, 0.717) is 6.42 Å². The van der Waals surface area contributed by atoms with Gasteiger partial charge in [-0.25, -0.2) is 0 Å². The van der Waals surface area contributed by atoms with E-state index in [1.54, 1.807) is 11.8 Å². The predicted molar refractivity (Wildman–Crippen MR) is 79.5 cm³/mol. The number of thioether (sulfide) groups is 1. The Morgan fingerprint density at radius 3 is 2.61 bits per heavy atom. The summed E-state index contributed by atoms with van der Waals surface area (Å²) in [6, 6.07) is 18.7. The molecule has 0 spiro atoms. The lowest BCUT2D eigenvalue weighted by Gasteiger charge is -2.07. The summed E-state index contributed by atoms with van der Waals surface area (Å²) in [5.41, 5.74) is 2.39. The Kier molecular flexibility index (Phi) is 4.86. The van der Waals surface area contributed by atoms with Crippen LogP contribution >= 0.6 is 27.7 Å². The molecule has 0 unspecified atom stereocenters. The number of rotatable bonds is 4. The van der Waals surface area contributed by atoms with Crippen molar-refractivity contribution in [2.45, 2.75) is 17.1 Å². The molecule has 18 heavy (non-hydrogen) atoms. The van der Waals surface area contributed by atoms with E-state index in [4.69, 9.17) is 5.26 Å². The summed E-state index contributed by atoms with van der Waals surface area (Å²) >= 11 is 5.22. The van der Waals surface area contributed by atoms with Crippen LogP contribution in [0.15, 0.2) is 57.9 Å². The largest absolute Gasteiger partial charge is 0.198 e. The van der Waals surface area contributed by atoms with Crippen molar-refractivity contribution in [1.82, 2.24) is 0 Å². The molecule has 90 valence electrons. The third-order valence-electron chi connectivity index (χ3n) is 2.53. The van der Waals surface area contributed by atoms with Crippen LogP contribution in [0, 0.1) is 11.3 Å². The Morgan fingerprint density at radius 1 is 1.11 bits per heavy atom. The number of nitrogens with zero attached hydrogens (tertiary/aromatic N) is 1. The Labute approximate surface area is 120 Å². The van der Waals surface area contributed by atoms with Crippen LogP contribution < -0.4 is 0 Å². The van der Waals surface area contributed by atoms with Crippen LogP contribution in [-0.2, 0) is 12.2 Å². The summed E-state index contributed by atoms with van der Waals surface area (Å²) in [6.07, 6.45) is 0.455. The monoisotopic (exact) mass is 317 g/mol. The second-order valence-electron chi connectivity index (χ2n) is 3.86. The first-order valence-corrected chi connectivity index (χ1v) is 7.39. The minimum absolute atomic E-state index is 0.455. The summed E-state index contributed by atoms with van der Waals surface area (Å²) in [5, 5.41) is 8.85. The van der Waals surface area contributed by atoms with E-state index < -0.39 is 0 Å². The number of halogens is 1. The van der Waals surface area contributed by atoms with Crippen molar-refractivity contribution in [1.29, 1.82) is 5.26 Å². The molecule has 0 N–H and O–H groups in total. The minimum atomic E-state index is 0.455. The van der Waals surface area contributed by atoms with Gasteiger partial charge in [0.15, 0.2) is 0 Å². The lowest BCUT2D eigenvalue weighted by Crippen LogP contribution is -1.88. The van der Waals surface area contributed by atoms with Gasteiger partial charge in [-0.3, -0.25) is 0 Å². The van der Waals surface area contributed by atoms with Crippen molar-refractivity contribution >= 4 is 27.7 Å². The maximum absolute atomic E-state index is 8.85. The number of benzene rings is 2. The molecule has 0 aliphatic rings. The smallest absolute Gasteiger partial charge is 0.0670 e. The molecule has 0 saturated heterocycles. The molecule has 0 aliphatic heterocycles. The first-order chi connectivity index (χ1) is 8.79. The van der Waals surface area contributed by atoms with Crippen molar-refractivity contribution in [3.8, 4) is 6.07 Å². The van der Waals surface area contributed by atoms with Crippen LogP contribution in [0.3, 0.4) is 0 Å². The van der Waals surface area contributed by atoms with Crippen LogP contribution in [0.5, 0.6) is 0 Å². The highest BCUT2D eigenvalue weighted by molar-refractivity contribution is 9.10. The predicted octanol–water partition coefficient (Wildman–Crippen LogP) is 4.81. The second-order valence-corrected chi connectivity index (χ2v) is 5.79. The van der Waals surface area contributed by atoms with E-state index >= 15 is 0 Å². The van der Waals surface area contributed by atoms with Crippen molar-refractivity contribution in [3.63, 3.8) is 0 Å². The highest BCUT2D eigenvalue weighted by Gasteiger charge is 2.04. The number of hydrogen-bond donors (Lipinski definition) is 0. The van der Waals surface area contributed by atoms with Crippen molar-refractivity contribution < 1.29 is 0 Å². The van der Waals surface area contributed by atoms with Gasteiger partial charge >= 0.3 is 0 Å². The van der Waals surface area contributed by atoms with E-state index in [9.17, 15) is 0 Å². The molecular formula is C15H12BrNS. The first kappa shape index (κ1) is 13.2. The third kappa shape index (κ3) is 3.63. The van der Waals surface area contributed by atoms with E-state index in [0.717, 1.165) is 15.8 Å². The maximum atomic E-state index is 8.85. The van der Waals surface area contributed by atoms with Gasteiger partial charge in [0.05, 0.1) is 12.5 Å². The Bertz CT molecular complexity index is 560. The second kappa shape index (κ2) is 6.63. The number of nitriles is 1. The van der Waals surface area contributed by atoms with E-state index in [1.807, 2.05) is 30.3 Å². The van der Waals surface area contributed by atoms with Gasteiger partial charge in [-0.2, -0.15) is 5.26 Å². The fourth-order valence-electron chi connectivity index (χ4n) is 1.65. The normalized spacial score (nSPS) is 10.0. The zero-order valence-electron chi connectivity index (χ0n) is 9.77. The SMILES string of the molecule is N#CCc1cc(Br)ccc1SCc1ccccc1. The molecule has 2 rings (SSSR count). The molecule has 2 aromatic carbocycles. The highest BCUT2D eigenvalue weighted by Crippen LogP contribution is 2.28. The molecule has 0 heterocycles. The number of hydrogen-bond acceptors (Lipinski definition) is 2. The van der Waals surface area contributed by atoms with Crippen molar-refractivity contribution in [2.24, 2.45) is 0 Å². The average molecular weight is 318 g/mol. The Morgan fingerprint density at radius 2 is 1.89 bits per heavy atom. The summed E-state index contributed by atoms with van der Waals surface area (Å²) in [5.74, 6) is 0.931. The molecule has 3 heteroatoms. The quantitative estimate of drug-likeness (QED) is 0.756. The molecule has 0 fully saturated rings.